The minimum atomic E-state index is -3.40. The van der Waals surface area contributed by atoms with E-state index in [4.69, 9.17) is 9.72 Å². The van der Waals surface area contributed by atoms with Crippen LogP contribution in [-0.2, 0) is 32.5 Å². The van der Waals surface area contributed by atoms with Gasteiger partial charge in [0.25, 0.3) is 0 Å². The van der Waals surface area contributed by atoms with E-state index in [2.05, 4.69) is 0 Å². The molecule has 0 amide bonds. The highest BCUT2D eigenvalue weighted by Crippen LogP contribution is 2.40. The molecule has 1 unspecified atom stereocenters. The lowest BCUT2D eigenvalue weighted by Gasteiger charge is -2.32. The first-order valence-electron chi connectivity index (χ1n) is 10.2. The van der Waals surface area contributed by atoms with Gasteiger partial charge in [0.15, 0.2) is 6.10 Å². The number of hydrogen-bond donors (Lipinski definition) is 1. The SMILES string of the molecule is Cc1ccc(-c2c3c(nc(C)c2C(OC(C)(C)C)C(=O)O)CCN(S(C)(=O)=O)C3)cc1. The second kappa shape index (κ2) is 8.33. The van der Waals surface area contributed by atoms with Crippen LogP contribution in [0.4, 0.5) is 0 Å². The number of benzene rings is 1. The Hall–Kier alpha value is -2.29. The first kappa shape index (κ1) is 23.4. The summed E-state index contributed by atoms with van der Waals surface area (Å²) in [5, 5.41) is 10.1. The molecular weight excluding hydrogens is 416 g/mol. The number of rotatable bonds is 5. The number of carboxylic acids is 1. The van der Waals surface area contributed by atoms with Crippen molar-refractivity contribution in [3.63, 3.8) is 0 Å². The summed E-state index contributed by atoms with van der Waals surface area (Å²) in [5.41, 5.74) is 4.49. The van der Waals surface area contributed by atoms with E-state index in [9.17, 15) is 18.3 Å². The number of sulfonamides is 1. The number of hydrogen-bond acceptors (Lipinski definition) is 5. The standard InChI is InChI=1S/C23H30N2O5S/c1-14-7-9-16(10-8-14)20-17-13-25(31(6,28)29)12-11-18(17)24-15(2)19(20)21(22(26)27)30-23(3,4)5/h7-10,21H,11-13H2,1-6H3,(H,26,27). The molecular formula is C23H30N2O5S. The van der Waals surface area contributed by atoms with Gasteiger partial charge in [0.2, 0.25) is 10.0 Å². The first-order chi connectivity index (χ1) is 14.3. The molecule has 1 aliphatic rings. The monoisotopic (exact) mass is 446 g/mol. The fourth-order valence-electron chi connectivity index (χ4n) is 3.92. The summed E-state index contributed by atoms with van der Waals surface area (Å²) in [4.78, 5) is 17.0. The Morgan fingerprint density at radius 3 is 2.32 bits per heavy atom. The van der Waals surface area contributed by atoms with Gasteiger partial charge in [0.1, 0.15) is 0 Å². The molecule has 1 aromatic heterocycles. The Morgan fingerprint density at radius 1 is 1.19 bits per heavy atom. The number of aryl methyl sites for hydroxylation is 2. The van der Waals surface area contributed by atoms with E-state index in [1.54, 1.807) is 27.7 Å². The number of pyridine rings is 1. The predicted molar refractivity (Wildman–Crippen MR) is 119 cm³/mol. The summed E-state index contributed by atoms with van der Waals surface area (Å²) >= 11 is 0. The highest BCUT2D eigenvalue weighted by atomic mass is 32.2. The molecule has 0 saturated heterocycles. The van der Waals surface area contributed by atoms with Crippen LogP contribution in [0.2, 0.25) is 0 Å². The molecule has 2 aromatic rings. The third-order valence-electron chi connectivity index (χ3n) is 5.31. The summed E-state index contributed by atoms with van der Waals surface area (Å²) in [6, 6.07) is 7.78. The molecule has 8 heteroatoms. The molecule has 2 heterocycles. The molecule has 0 bridgehead atoms. The van der Waals surface area contributed by atoms with E-state index in [1.807, 2.05) is 31.2 Å². The van der Waals surface area contributed by atoms with Crippen molar-refractivity contribution in [3.8, 4) is 11.1 Å². The van der Waals surface area contributed by atoms with Crippen LogP contribution in [-0.4, -0.2) is 47.2 Å². The van der Waals surface area contributed by atoms with Crippen LogP contribution in [0.3, 0.4) is 0 Å². The molecule has 31 heavy (non-hydrogen) atoms. The average molecular weight is 447 g/mol. The van der Waals surface area contributed by atoms with Gasteiger partial charge >= 0.3 is 5.97 Å². The van der Waals surface area contributed by atoms with E-state index >= 15 is 0 Å². The highest BCUT2D eigenvalue weighted by Gasteiger charge is 2.35. The zero-order valence-corrected chi connectivity index (χ0v) is 19.7. The van der Waals surface area contributed by atoms with Crippen LogP contribution >= 0.6 is 0 Å². The van der Waals surface area contributed by atoms with Crippen LogP contribution in [0.1, 0.15) is 55.0 Å². The zero-order valence-electron chi connectivity index (χ0n) is 18.9. The molecule has 7 nitrogen and oxygen atoms in total. The molecule has 1 aromatic carbocycles. The number of aromatic nitrogens is 1. The van der Waals surface area contributed by atoms with Crippen LogP contribution in [0.15, 0.2) is 24.3 Å². The van der Waals surface area contributed by atoms with Gasteiger partial charge in [-0.05, 0) is 51.3 Å². The van der Waals surface area contributed by atoms with E-state index in [0.29, 0.717) is 29.8 Å². The number of carbonyl (C=O) groups is 1. The second-order valence-electron chi connectivity index (χ2n) is 9.07. The van der Waals surface area contributed by atoms with Gasteiger partial charge in [-0.2, -0.15) is 4.31 Å². The molecule has 1 N–H and O–H groups in total. The molecule has 1 aliphatic heterocycles. The van der Waals surface area contributed by atoms with Crippen LogP contribution in [0, 0.1) is 13.8 Å². The van der Waals surface area contributed by atoms with E-state index in [-0.39, 0.29) is 6.54 Å². The Balaban J connectivity index is 2.32. The number of carboxylic acid groups (broad SMARTS) is 1. The van der Waals surface area contributed by atoms with Crippen molar-refractivity contribution in [2.24, 2.45) is 0 Å². The van der Waals surface area contributed by atoms with Gasteiger partial charge in [-0.1, -0.05) is 29.8 Å². The second-order valence-corrected chi connectivity index (χ2v) is 11.1. The van der Waals surface area contributed by atoms with Crippen LogP contribution in [0.25, 0.3) is 11.1 Å². The van der Waals surface area contributed by atoms with Gasteiger partial charge in [-0.3, -0.25) is 4.98 Å². The summed E-state index contributed by atoms with van der Waals surface area (Å²) in [5.74, 6) is -1.11. The lowest BCUT2D eigenvalue weighted by molar-refractivity contribution is -0.160. The Bertz CT molecular complexity index is 1100. The Labute approximate surface area is 184 Å². The molecule has 1 atom stereocenters. The quantitative estimate of drug-likeness (QED) is 0.753. The van der Waals surface area contributed by atoms with Crippen molar-refractivity contribution in [2.45, 2.75) is 59.3 Å². The van der Waals surface area contributed by atoms with Gasteiger partial charge in [0, 0.05) is 36.5 Å². The molecule has 0 radical (unpaired) electrons. The normalized spacial score (nSPS) is 16.1. The van der Waals surface area contributed by atoms with Gasteiger partial charge in [-0.25, -0.2) is 13.2 Å². The van der Waals surface area contributed by atoms with Gasteiger partial charge in [-0.15, -0.1) is 0 Å². The lowest BCUT2D eigenvalue weighted by Crippen LogP contribution is -2.37. The van der Waals surface area contributed by atoms with Gasteiger partial charge < -0.3 is 9.84 Å². The topological polar surface area (TPSA) is 96.8 Å². The summed E-state index contributed by atoms with van der Waals surface area (Å²) < 4.78 is 31.9. The van der Waals surface area contributed by atoms with E-state index < -0.39 is 27.7 Å². The largest absolute Gasteiger partial charge is 0.479 e. The van der Waals surface area contributed by atoms with E-state index in [0.717, 1.165) is 22.4 Å². The maximum absolute atomic E-state index is 12.3. The molecule has 0 aliphatic carbocycles. The minimum absolute atomic E-state index is 0.152. The number of nitrogens with zero attached hydrogens (tertiary/aromatic N) is 2. The van der Waals surface area contributed by atoms with Crippen molar-refractivity contribution in [3.05, 3.63) is 52.3 Å². The smallest absolute Gasteiger partial charge is 0.337 e. The molecule has 0 fully saturated rings. The van der Waals surface area contributed by atoms with Crippen molar-refractivity contribution in [1.29, 1.82) is 0 Å². The Morgan fingerprint density at radius 2 is 1.81 bits per heavy atom. The average Bonchev–Trinajstić information content (AvgIpc) is 2.64. The fourth-order valence-corrected chi connectivity index (χ4v) is 4.71. The van der Waals surface area contributed by atoms with Crippen molar-refractivity contribution < 1.29 is 23.1 Å². The summed E-state index contributed by atoms with van der Waals surface area (Å²) in [7, 11) is -3.40. The maximum atomic E-state index is 12.3. The van der Waals surface area contributed by atoms with Crippen LogP contribution < -0.4 is 0 Å². The summed E-state index contributed by atoms with van der Waals surface area (Å²) in [6.07, 6.45) is 0.428. The zero-order chi connectivity index (χ0) is 23.1. The van der Waals surface area contributed by atoms with Crippen molar-refractivity contribution >= 4 is 16.0 Å². The van der Waals surface area contributed by atoms with E-state index in [1.165, 1.54) is 10.6 Å². The Kier molecular flexibility index (Phi) is 6.28. The lowest BCUT2D eigenvalue weighted by atomic mass is 9.87. The summed E-state index contributed by atoms with van der Waals surface area (Å²) in [6.45, 7) is 9.69. The van der Waals surface area contributed by atoms with Gasteiger partial charge in [0.05, 0.1) is 11.9 Å². The molecule has 168 valence electrons. The molecule has 0 saturated carbocycles. The number of aliphatic carboxylic acids is 1. The third-order valence-corrected chi connectivity index (χ3v) is 6.56. The van der Waals surface area contributed by atoms with Crippen molar-refractivity contribution in [1.82, 2.24) is 9.29 Å². The fraction of sp³-hybridized carbons (Fsp3) is 0.478. The highest BCUT2D eigenvalue weighted by molar-refractivity contribution is 7.88. The number of ether oxygens (including phenoxy) is 1. The number of fused-ring (bicyclic) bond motifs is 1. The molecule has 3 rings (SSSR count). The van der Waals surface area contributed by atoms with Crippen LogP contribution in [0.5, 0.6) is 0 Å². The first-order valence-corrected chi connectivity index (χ1v) is 12.1. The maximum Gasteiger partial charge on any atom is 0.337 e. The molecule has 0 spiro atoms. The third kappa shape index (κ3) is 5.14. The van der Waals surface area contributed by atoms with Crippen molar-refractivity contribution in [2.75, 3.05) is 12.8 Å². The minimum Gasteiger partial charge on any atom is -0.479 e. The predicted octanol–water partition coefficient (Wildman–Crippen LogP) is 3.62.